The quantitative estimate of drug-likeness (QED) is 0.558. The van der Waals surface area contributed by atoms with Gasteiger partial charge in [-0.25, -0.2) is 14.4 Å². The summed E-state index contributed by atoms with van der Waals surface area (Å²) in [4.78, 5) is 8.76. The standard InChI is InChI=1S/C24H22FN3/c1-16-2-4-17(5-3-16)18-6-8-19(9-7-18)22-14-27-24(28-15-22)20-10-11-21(13-26)23(25)12-20/h6-12,14-17H,2-5H2,1H3. The van der Waals surface area contributed by atoms with Crippen LogP contribution in [0.3, 0.4) is 0 Å². The maximum atomic E-state index is 13.8. The zero-order valence-corrected chi connectivity index (χ0v) is 15.9. The van der Waals surface area contributed by atoms with Gasteiger partial charge in [-0.1, -0.05) is 44.0 Å². The summed E-state index contributed by atoms with van der Waals surface area (Å²) in [6.07, 6.45) is 8.71. The molecule has 0 N–H and O–H groups in total. The lowest BCUT2D eigenvalue weighted by atomic mass is 9.79. The first-order valence-electron chi connectivity index (χ1n) is 9.76. The van der Waals surface area contributed by atoms with Gasteiger partial charge in [-0.15, -0.1) is 0 Å². The Balaban J connectivity index is 1.51. The Morgan fingerprint density at radius 2 is 1.54 bits per heavy atom. The smallest absolute Gasteiger partial charge is 0.159 e. The molecule has 0 radical (unpaired) electrons. The van der Waals surface area contributed by atoms with Crippen LogP contribution in [0.15, 0.2) is 54.9 Å². The Labute approximate surface area is 164 Å². The Bertz CT molecular complexity index is 996. The van der Waals surface area contributed by atoms with Crippen LogP contribution < -0.4 is 0 Å². The first kappa shape index (κ1) is 18.3. The number of rotatable bonds is 3. The Hall–Kier alpha value is -3.06. The fraction of sp³-hybridized carbons (Fsp3) is 0.292. The third-order valence-electron chi connectivity index (χ3n) is 5.73. The molecule has 4 heteroatoms. The van der Waals surface area contributed by atoms with Crippen molar-refractivity contribution in [2.24, 2.45) is 5.92 Å². The van der Waals surface area contributed by atoms with Crippen molar-refractivity contribution < 1.29 is 4.39 Å². The van der Waals surface area contributed by atoms with Gasteiger partial charge >= 0.3 is 0 Å². The molecular weight excluding hydrogens is 349 g/mol. The molecule has 140 valence electrons. The van der Waals surface area contributed by atoms with Crippen molar-refractivity contribution in [2.75, 3.05) is 0 Å². The van der Waals surface area contributed by atoms with Crippen LogP contribution in [0.1, 0.15) is 49.7 Å². The van der Waals surface area contributed by atoms with Crippen LogP contribution in [0, 0.1) is 23.1 Å². The second-order valence-corrected chi connectivity index (χ2v) is 7.68. The number of halogens is 1. The van der Waals surface area contributed by atoms with Crippen LogP contribution in [0.2, 0.25) is 0 Å². The Kier molecular flexibility index (Phi) is 5.16. The largest absolute Gasteiger partial charge is 0.236 e. The average Bonchev–Trinajstić information content (AvgIpc) is 2.74. The summed E-state index contributed by atoms with van der Waals surface area (Å²) in [6.45, 7) is 2.34. The molecule has 0 spiro atoms. The molecule has 3 nitrogen and oxygen atoms in total. The van der Waals surface area contributed by atoms with Gasteiger partial charge in [-0.2, -0.15) is 5.26 Å². The minimum absolute atomic E-state index is 0.0212. The molecule has 1 aliphatic rings. The third kappa shape index (κ3) is 3.80. The summed E-state index contributed by atoms with van der Waals surface area (Å²) in [5, 5.41) is 8.84. The Morgan fingerprint density at radius 1 is 0.893 bits per heavy atom. The minimum Gasteiger partial charge on any atom is -0.236 e. The van der Waals surface area contributed by atoms with Crippen molar-refractivity contribution in [3.05, 3.63) is 71.8 Å². The summed E-state index contributed by atoms with van der Waals surface area (Å²) >= 11 is 0. The second-order valence-electron chi connectivity index (χ2n) is 7.68. The van der Waals surface area contributed by atoms with Crippen LogP contribution in [0.5, 0.6) is 0 Å². The topological polar surface area (TPSA) is 49.6 Å². The summed E-state index contributed by atoms with van der Waals surface area (Å²) in [6, 6.07) is 14.9. The highest BCUT2D eigenvalue weighted by atomic mass is 19.1. The van der Waals surface area contributed by atoms with Gasteiger partial charge in [-0.3, -0.25) is 0 Å². The normalized spacial score (nSPS) is 19.2. The van der Waals surface area contributed by atoms with E-state index >= 15 is 0 Å². The summed E-state index contributed by atoms with van der Waals surface area (Å²) in [5.74, 6) is 1.42. The van der Waals surface area contributed by atoms with E-state index in [1.807, 2.05) is 6.07 Å². The van der Waals surface area contributed by atoms with Crippen molar-refractivity contribution in [3.8, 4) is 28.6 Å². The van der Waals surface area contributed by atoms with Gasteiger partial charge < -0.3 is 0 Å². The monoisotopic (exact) mass is 371 g/mol. The van der Waals surface area contributed by atoms with E-state index in [4.69, 9.17) is 5.26 Å². The van der Waals surface area contributed by atoms with Gasteiger partial charge in [0.25, 0.3) is 0 Å². The fourth-order valence-electron chi connectivity index (χ4n) is 3.91. The Morgan fingerprint density at radius 3 is 2.14 bits per heavy atom. The van der Waals surface area contributed by atoms with Gasteiger partial charge in [0.2, 0.25) is 0 Å². The first-order chi connectivity index (χ1) is 13.6. The minimum atomic E-state index is -0.555. The van der Waals surface area contributed by atoms with Crippen LogP contribution in [0.4, 0.5) is 4.39 Å². The van der Waals surface area contributed by atoms with Crippen LogP contribution in [0.25, 0.3) is 22.5 Å². The SMILES string of the molecule is CC1CCC(c2ccc(-c3cnc(-c4ccc(C#N)c(F)c4)nc3)cc2)CC1. The predicted octanol–water partition coefficient (Wildman–Crippen LogP) is 6.12. The molecule has 0 unspecified atom stereocenters. The lowest BCUT2D eigenvalue weighted by Crippen LogP contribution is -2.10. The first-order valence-corrected chi connectivity index (χ1v) is 9.76. The van der Waals surface area contributed by atoms with Crippen molar-refractivity contribution >= 4 is 0 Å². The molecule has 2 aromatic carbocycles. The average molecular weight is 371 g/mol. The van der Waals surface area contributed by atoms with Gasteiger partial charge in [0.1, 0.15) is 11.9 Å². The summed E-state index contributed by atoms with van der Waals surface area (Å²) < 4.78 is 13.8. The van der Waals surface area contributed by atoms with E-state index in [0.29, 0.717) is 17.3 Å². The van der Waals surface area contributed by atoms with Gasteiger partial charge in [-0.05, 0) is 54.0 Å². The fourth-order valence-corrected chi connectivity index (χ4v) is 3.91. The molecule has 0 saturated heterocycles. The zero-order valence-electron chi connectivity index (χ0n) is 15.9. The highest BCUT2D eigenvalue weighted by Crippen LogP contribution is 2.36. The molecule has 1 aliphatic carbocycles. The molecule has 0 aliphatic heterocycles. The van der Waals surface area contributed by atoms with Crippen LogP contribution in [-0.2, 0) is 0 Å². The third-order valence-corrected chi connectivity index (χ3v) is 5.73. The highest BCUT2D eigenvalue weighted by Gasteiger charge is 2.19. The number of aromatic nitrogens is 2. The number of benzene rings is 2. The molecule has 1 aromatic heterocycles. The second kappa shape index (κ2) is 7.90. The van der Waals surface area contributed by atoms with Gasteiger partial charge in [0.15, 0.2) is 5.82 Å². The molecule has 4 rings (SSSR count). The van der Waals surface area contributed by atoms with E-state index in [9.17, 15) is 4.39 Å². The van der Waals surface area contributed by atoms with E-state index in [2.05, 4.69) is 41.2 Å². The van der Waals surface area contributed by atoms with E-state index in [0.717, 1.165) is 17.0 Å². The number of hydrogen-bond donors (Lipinski definition) is 0. The molecule has 3 aromatic rings. The number of nitriles is 1. The van der Waals surface area contributed by atoms with Crippen molar-refractivity contribution in [1.29, 1.82) is 5.26 Å². The maximum Gasteiger partial charge on any atom is 0.159 e. The molecule has 1 saturated carbocycles. The van der Waals surface area contributed by atoms with Crippen LogP contribution >= 0.6 is 0 Å². The van der Waals surface area contributed by atoms with E-state index in [1.54, 1.807) is 18.5 Å². The van der Waals surface area contributed by atoms with Gasteiger partial charge in [0.05, 0.1) is 5.56 Å². The summed E-state index contributed by atoms with van der Waals surface area (Å²) in [5.41, 5.74) is 4.01. The van der Waals surface area contributed by atoms with Crippen molar-refractivity contribution in [2.45, 2.75) is 38.5 Å². The maximum absolute atomic E-state index is 13.8. The molecule has 1 heterocycles. The van der Waals surface area contributed by atoms with E-state index < -0.39 is 5.82 Å². The van der Waals surface area contributed by atoms with E-state index in [1.165, 1.54) is 43.4 Å². The lowest BCUT2D eigenvalue weighted by molar-refractivity contribution is 0.348. The molecule has 0 amide bonds. The molecule has 0 bridgehead atoms. The number of hydrogen-bond acceptors (Lipinski definition) is 3. The molecular formula is C24H22FN3. The number of nitrogens with zero attached hydrogens (tertiary/aromatic N) is 3. The molecule has 0 atom stereocenters. The van der Waals surface area contributed by atoms with E-state index in [-0.39, 0.29) is 5.56 Å². The zero-order chi connectivity index (χ0) is 19.5. The highest BCUT2D eigenvalue weighted by molar-refractivity contribution is 5.64. The summed E-state index contributed by atoms with van der Waals surface area (Å²) in [7, 11) is 0. The molecule has 1 fully saturated rings. The molecule has 28 heavy (non-hydrogen) atoms. The van der Waals surface area contributed by atoms with Crippen molar-refractivity contribution in [1.82, 2.24) is 9.97 Å². The van der Waals surface area contributed by atoms with Gasteiger partial charge in [0, 0.05) is 23.5 Å². The predicted molar refractivity (Wildman–Crippen MR) is 108 cm³/mol. The van der Waals surface area contributed by atoms with Crippen molar-refractivity contribution in [3.63, 3.8) is 0 Å². The van der Waals surface area contributed by atoms with Crippen LogP contribution in [-0.4, -0.2) is 9.97 Å². The lowest BCUT2D eigenvalue weighted by Gasteiger charge is -2.26.